The summed E-state index contributed by atoms with van der Waals surface area (Å²) in [6.07, 6.45) is 0. The van der Waals surface area contributed by atoms with E-state index < -0.39 is 0 Å². The van der Waals surface area contributed by atoms with Gasteiger partial charge < -0.3 is 9.64 Å². The van der Waals surface area contributed by atoms with Gasteiger partial charge in [-0.05, 0) is 42.8 Å². The van der Waals surface area contributed by atoms with E-state index in [0.29, 0.717) is 6.61 Å². The molecular formula is C24H20Br2N2O2. The number of hydrogen-bond donors (Lipinski definition) is 0. The number of benzene rings is 3. The van der Waals surface area contributed by atoms with E-state index in [1.807, 2.05) is 66.4 Å². The van der Waals surface area contributed by atoms with Crippen LogP contribution in [-0.2, 0) is 9.53 Å². The summed E-state index contributed by atoms with van der Waals surface area (Å²) in [4.78, 5) is 19.6. The Morgan fingerprint density at radius 1 is 1.00 bits per heavy atom. The molecule has 0 unspecified atom stereocenters. The van der Waals surface area contributed by atoms with Crippen LogP contribution < -0.4 is 0 Å². The van der Waals surface area contributed by atoms with Crippen molar-refractivity contribution >= 4 is 49.4 Å². The highest BCUT2D eigenvalue weighted by Gasteiger charge is 2.33. The number of rotatable bonds is 5. The highest BCUT2D eigenvalue weighted by molar-refractivity contribution is 9.10. The van der Waals surface area contributed by atoms with Gasteiger partial charge in [0.05, 0.1) is 18.3 Å². The van der Waals surface area contributed by atoms with E-state index in [-0.39, 0.29) is 18.6 Å². The molecule has 1 atom stereocenters. The molecule has 1 aliphatic rings. The first-order valence-electron chi connectivity index (χ1n) is 9.68. The Hall–Kier alpha value is -2.44. The largest absolute Gasteiger partial charge is 0.465 e. The summed E-state index contributed by atoms with van der Waals surface area (Å²) in [6, 6.07) is 24.1. The zero-order chi connectivity index (χ0) is 21.1. The molecular weight excluding hydrogens is 508 g/mol. The maximum atomic E-state index is 12.6. The van der Waals surface area contributed by atoms with Gasteiger partial charge in [0.2, 0.25) is 0 Å². The van der Waals surface area contributed by atoms with Crippen LogP contribution >= 0.6 is 31.9 Å². The third-order valence-electron chi connectivity index (χ3n) is 4.90. The Kier molecular flexibility index (Phi) is 6.35. The lowest BCUT2D eigenvalue weighted by Gasteiger charge is -2.38. The summed E-state index contributed by atoms with van der Waals surface area (Å²) < 4.78 is 7.22. The molecule has 4 rings (SSSR count). The fraction of sp³-hybridized carbons (Fsp3) is 0.167. The van der Waals surface area contributed by atoms with Crippen LogP contribution in [-0.4, -0.2) is 29.9 Å². The predicted octanol–water partition coefficient (Wildman–Crippen LogP) is 6.26. The van der Waals surface area contributed by atoms with Crippen LogP contribution in [0.25, 0.3) is 0 Å². The van der Waals surface area contributed by atoms with Crippen molar-refractivity contribution in [1.82, 2.24) is 4.90 Å². The second kappa shape index (κ2) is 9.14. The molecule has 0 aromatic heterocycles. The molecule has 3 aromatic carbocycles. The summed E-state index contributed by atoms with van der Waals surface area (Å²) in [5.74, 6) is 0.465. The summed E-state index contributed by atoms with van der Waals surface area (Å²) >= 11 is 7.15. The lowest BCUT2D eigenvalue weighted by molar-refractivity contribution is -0.143. The molecule has 30 heavy (non-hydrogen) atoms. The van der Waals surface area contributed by atoms with Gasteiger partial charge in [0.1, 0.15) is 12.4 Å². The first kappa shape index (κ1) is 20.8. The second-order valence-electron chi connectivity index (χ2n) is 6.90. The van der Waals surface area contributed by atoms with Crippen LogP contribution in [0.3, 0.4) is 0 Å². The third-order valence-corrected chi connectivity index (χ3v) is 5.88. The molecule has 0 spiro atoms. The molecule has 0 bridgehead atoms. The molecule has 0 saturated heterocycles. The van der Waals surface area contributed by atoms with Crippen LogP contribution in [0.5, 0.6) is 0 Å². The first-order valence-corrected chi connectivity index (χ1v) is 11.3. The van der Waals surface area contributed by atoms with Crippen LogP contribution in [0.1, 0.15) is 29.7 Å². The minimum Gasteiger partial charge on any atom is -0.465 e. The maximum absolute atomic E-state index is 12.6. The van der Waals surface area contributed by atoms with Crippen LogP contribution in [0.4, 0.5) is 5.69 Å². The predicted molar refractivity (Wildman–Crippen MR) is 126 cm³/mol. The number of fused-ring (bicyclic) bond motifs is 1. The molecule has 6 heteroatoms. The minimum atomic E-state index is -0.278. The van der Waals surface area contributed by atoms with Crippen molar-refractivity contribution in [3.8, 4) is 0 Å². The normalized spacial score (nSPS) is 15.4. The monoisotopic (exact) mass is 526 g/mol. The van der Waals surface area contributed by atoms with E-state index >= 15 is 0 Å². The van der Waals surface area contributed by atoms with Crippen molar-refractivity contribution in [2.45, 2.75) is 13.0 Å². The zero-order valence-electron chi connectivity index (χ0n) is 16.4. The molecule has 0 saturated carbocycles. The van der Waals surface area contributed by atoms with Gasteiger partial charge in [0.15, 0.2) is 0 Å². The fourth-order valence-electron chi connectivity index (χ4n) is 3.68. The van der Waals surface area contributed by atoms with Crippen LogP contribution in [0, 0.1) is 0 Å². The van der Waals surface area contributed by atoms with Crippen molar-refractivity contribution in [1.29, 1.82) is 0 Å². The van der Waals surface area contributed by atoms with Crippen LogP contribution in [0.15, 0.2) is 86.7 Å². The quantitative estimate of drug-likeness (QED) is 0.368. The number of aliphatic imine (C=N–C) groups is 1. The standard InChI is InChI=1S/C24H20Br2N2O2/c1-2-30-22(29)15-28-23(16-7-4-3-5-8-16)20-14-19(26)11-12-21(20)27-24(28)17-9-6-10-18(25)13-17/h3-14,23H,2,15H2,1H3/t23-/m0/s1. The Morgan fingerprint density at radius 2 is 1.77 bits per heavy atom. The smallest absolute Gasteiger partial charge is 0.325 e. The average molecular weight is 528 g/mol. The lowest BCUT2D eigenvalue weighted by atomic mass is 9.93. The molecule has 3 aromatic rings. The van der Waals surface area contributed by atoms with E-state index in [9.17, 15) is 4.79 Å². The fourth-order valence-corrected chi connectivity index (χ4v) is 4.46. The van der Waals surface area contributed by atoms with E-state index in [4.69, 9.17) is 9.73 Å². The van der Waals surface area contributed by atoms with E-state index in [1.165, 1.54) is 0 Å². The SMILES string of the molecule is CCOC(=O)CN1C(c2cccc(Br)c2)=Nc2ccc(Br)cc2[C@@H]1c1ccccc1. The van der Waals surface area contributed by atoms with Crippen molar-refractivity contribution in [3.63, 3.8) is 0 Å². The van der Waals surface area contributed by atoms with E-state index in [1.54, 1.807) is 0 Å². The number of carbonyl (C=O) groups excluding carboxylic acids is 1. The summed E-state index contributed by atoms with van der Waals surface area (Å²) in [5, 5.41) is 0. The molecule has 0 radical (unpaired) electrons. The molecule has 152 valence electrons. The van der Waals surface area contributed by atoms with Crippen molar-refractivity contribution in [2.24, 2.45) is 4.99 Å². The number of halogens is 2. The molecule has 0 N–H and O–H groups in total. The van der Waals surface area contributed by atoms with Crippen molar-refractivity contribution in [2.75, 3.05) is 13.2 Å². The number of hydrogen-bond acceptors (Lipinski definition) is 4. The summed E-state index contributed by atoms with van der Waals surface area (Å²) in [5.41, 5.74) is 3.95. The molecule has 1 aliphatic heterocycles. The summed E-state index contributed by atoms with van der Waals surface area (Å²) in [7, 11) is 0. The summed E-state index contributed by atoms with van der Waals surface area (Å²) in [6.45, 7) is 2.26. The van der Waals surface area contributed by atoms with Gasteiger partial charge in [-0.25, -0.2) is 4.99 Å². The molecule has 1 heterocycles. The number of ether oxygens (including phenoxy) is 1. The Labute approximate surface area is 192 Å². The topological polar surface area (TPSA) is 41.9 Å². The van der Waals surface area contributed by atoms with E-state index in [2.05, 4.69) is 50.1 Å². The molecule has 0 aliphatic carbocycles. The minimum absolute atomic E-state index is 0.102. The number of esters is 1. The number of amidine groups is 1. The molecule has 0 fully saturated rings. The Bertz CT molecular complexity index is 1100. The highest BCUT2D eigenvalue weighted by atomic mass is 79.9. The number of nitrogens with zero attached hydrogens (tertiary/aromatic N) is 2. The van der Waals surface area contributed by atoms with Gasteiger partial charge in [0, 0.05) is 20.1 Å². The van der Waals surface area contributed by atoms with Gasteiger partial charge in [-0.15, -0.1) is 0 Å². The van der Waals surface area contributed by atoms with Crippen molar-refractivity contribution in [3.05, 3.63) is 98.4 Å². The third kappa shape index (κ3) is 4.35. The van der Waals surface area contributed by atoms with E-state index in [0.717, 1.165) is 37.2 Å². The average Bonchev–Trinajstić information content (AvgIpc) is 2.74. The number of carbonyl (C=O) groups is 1. The zero-order valence-corrected chi connectivity index (χ0v) is 19.6. The molecule has 0 amide bonds. The maximum Gasteiger partial charge on any atom is 0.325 e. The highest BCUT2D eigenvalue weighted by Crippen LogP contribution is 2.41. The van der Waals surface area contributed by atoms with Gasteiger partial charge in [-0.1, -0.05) is 74.3 Å². The Balaban J connectivity index is 1.92. The Morgan fingerprint density at radius 3 is 2.50 bits per heavy atom. The van der Waals surface area contributed by atoms with Crippen molar-refractivity contribution < 1.29 is 9.53 Å². The van der Waals surface area contributed by atoms with Gasteiger partial charge in [0.25, 0.3) is 0 Å². The lowest BCUT2D eigenvalue weighted by Crippen LogP contribution is -2.42. The van der Waals surface area contributed by atoms with Gasteiger partial charge in [-0.3, -0.25) is 4.79 Å². The van der Waals surface area contributed by atoms with Gasteiger partial charge >= 0.3 is 5.97 Å². The molecule has 4 nitrogen and oxygen atoms in total. The first-order chi connectivity index (χ1) is 14.6. The second-order valence-corrected chi connectivity index (χ2v) is 8.73. The van der Waals surface area contributed by atoms with Crippen LogP contribution in [0.2, 0.25) is 0 Å². The van der Waals surface area contributed by atoms with Gasteiger partial charge in [-0.2, -0.15) is 0 Å².